The molecule has 1 aliphatic heterocycles. The Balaban J connectivity index is 1.16. The van der Waals surface area contributed by atoms with Gasteiger partial charge in [0, 0.05) is 22.3 Å². The molecule has 0 radical (unpaired) electrons. The molecule has 242 valence electrons. The summed E-state index contributed by atoms with van der Waals surface area (Å²) in [6, 6.07) is 29.1. The first-order valence-electron chi connectivity index (χ1n) is 14.5. The Morgan fingerprint density at radius 2 is 1.43 bits per heavy atom. The number of alkyl halides is 3. The van der Waals surface area contributed by atoms with Gasteiger partial charge in [0.05, 0.1) is 31.9 Å². The number of fused-ring (bicyclic) bond motifs is 1. The maximum Gasteiger partial charge on any atom is 0.475 e. The lowest BCUT2D eigenvalue weighted by Crippen LogP contribution is -2.26. The lowest BCUT2D eigenvalue weighted by Gasteiger charge is -2.20. The van der Waals surface area contributed by atoms with E-state index in [0.29, 0.717) is 11.1 Å². The normalized spacial score (nSPS) is 15.3. The molecule has 1 amide bonds. The van der Waals surface area contributed by atoms with Crippen molar-refractivity contribution >= 4 is 30.4 Å². The van der Waals surface area contributed by atoms with Gasteiger partial charge in [0.15, 0.2) is 0 Å². The van der Waals surface area contributed by atoms with Crippen molar-refractivity contribution in [3.05, 3.63) is 136 Å². The maximum atomic E-state index is 13.6. The Kier molecular flexibility index (Phi) is 9.28. The first kappa shape index (κ1) is 32.2. The number of benzene rings is 4. The van der Waals surface area contributed by atoms with Gasteiger partial charge in [-0.3, -0.25) is 23.3 Å². The molecule has 1 atom stereocenters. The van der Waals surface area contributed by atoms with E-state index in [9.17, 15) is 27.3 Å². The quantitative estimate of drug-likeness (QED) is 0.142. The number of H-pyrrole nitrogens is 1. The number of hydrogen-bond donors (Lipinski definition) is 1. The number of amides is 1. The second-order valence-electron chi connectivity index (χ2n) is 10.7. The van der Waals surface area contributed by atoms with Crippen LogP contribution in [0.1, 0.15) is 16.7 Å². The van der Waals surface area contributed by atoms with Gasteiger partial charge in [0.1, 0.15) is 6.10 Å². The third kappa shape index (κ3) is 7.64. The van der Waals surface area contributed by atoms with Gasteiger partial charge >= 0.3 is 20.1 Å². The molecule has 1 saturated heterocycles. The number of phosphoric acid groups is 1. The minimum atomic E-state index is -4.61. The Morgan fingerprint density at radius 1 is 0.809 bits per heavy atom. The molecule has 9 nitrogen and oxygen atoms in total. The summed E-state index contributed by atoms with van der Waals surface area (Å²) in [4.78, 5) is 29.7. The van der Waals surface area contributed by atoms with Crippen molar-refractivity contribution < 1.29 is 40.8 Å². The Hall–Kier alpha value is -4.74. The van der Waals surface area contributed by atoms with Gasteiger partial charge in [0.25, 0.3) is 5.56 Å². The van der Waals surface area contributed by atoms with E-state index < -0.39 is 37.3 Å². The largest absolute Gasteiger partial charge is 0.475 e. The van der Waals surface area contributed by atoms with Gasteiger partial charge in [-0.2, -0.15) is 13.2 Å². The summed E-state index contributed by atoms with van der Waals surface area (Å²) >= 11 is 0. The molecular weight excluding hydrogens is 636 g/mol. The van der Waals surface area contributed by atoms with Crippen molar-refractivity contribution in [3.8, 4) is 11.3 Å². The summed E-state index contributed by atoms with van der Waals surface area (Å²) in [6.07, 6.45) is -6.19. The summed E-state index contributed by atoms with van der Waals surface area (Å²) in [7, 11) is -4.12. The van der Waals surface area contributed by atoms with Crippen LogP contribution in [0, 0.1) is 0 Å². The maximum absolute atomic E-state index is 13.6. The minimum absolute atomic E-state index is 0.00332. The van der Waals surface area contributed by atoms with Gasteiger partial charge in [-0.05, 0) is 40.8 Å². The van der Waals surface area contributed by atoms with Crippen LogP contribution in [-0.4, -0.2) is 30.3 Å². The summed E-state index contributed by atoms with van der Waals surface area (Å²) < 4.78 is 76.8. The lowest BCUT2D eigenvalue weighted by molar-refractivity contribution is -0.137. The smallest absolute Gasteiger partial charge is 0.441 e. The number of carbonyl (C=O) groups excluding carboxylic acids is 1. The van der Waals surface area contributed by atoms with E-state index in [0.717, 1.165) is 17.2 Å². The van der Waals surface area contributed by atoms with E-state index in [-0.39, 0.29) is 43.0 Å². The monoisotopic (exact) mass is 664 g/mol. The number of carbonyl (C=O) groups is 1. The molecule has 2 heterocycles. The van der Waals surface area contributed by atoms with Gasteiger partial charge in [-0.15, -0.1) is 0 Å². The molecule has 1 aromatic heterocycles. The van der Waals surface area contributed by atoms with Crippen molar-refractivity contribution in [2.24, 2.45) is 0 Å². The van der Waals surface area contributed by atoms with Crippen molar-refractivity contribution in [2.45, 2.75) is 25.5 Å². The molecule has 5 aromatic rings. The molecule has 47 heavy (non-hydrogen) atoms. The second kappa shape index (κ2) is 13.5. The fourth-order valence-electron chi connectivity index (χ4n) is 5.09. The third-order valence-corrected chi connectivity index (χ3v) is 8.78. The molecule has 0 saturated carbocycles. The third-order valence-electron chi connectivity index (χ3n) is 7.42. The first-order valence-corrected chi connectivity index (χ1v) is 16.0. The number of hydrogen-bond acceptors (Lipinski definition) is 7. The summed E-state index contributed by atoms with van der Waals surface area (Å²) in [6.45, 7) is -0.396. The highest BCUT2D eigenvalue weighted by Gasteiger charge is 2.37. The standard InChI is InChI=1S/C34H28F3N2O7P/c35-34(36,37)30-14-8-7-13-28(30)31-17-25-15-16-26(18-29(25)32(40)38-31)39-19-27(46-33(39)41)22-45-47(42,43-20-23-9-3-1-4-10-23)44-21-24-11-5-2-6-12-24/h1-18,27H,19-22H2,(H,38,40)/t27-/m0/s1. The van der Waals surface area contributed by atoms with Crippen molar-refractivity contribution in [1.29, 1.82) is 0 Å². The number of phosphoric ester groups is 1. The molecule has 0 unspecified atom stereocenters. The number of rotatable bonds is 11. The van der Waals surface area contributed by atoms with Crippen LogP contribution in [0.2, 0.25) is 0 Å². The highest BCUT2D eigenvalue weighted by Crippen LogP contribution is 2.51. The van der Waals surface area contributed by atoms with Gasteiger partial charge in [-0.1, -0.05) is 84.9 Å². The molecule has 6 rings (SSSR count). The van der Waals surface area contributed by atoms with Gasteiger partial charge in [0.2, 0.25) is 0 Å². The van der Waals surface area contributed by atoms with E-state index >= 15 is 0 Å². The van der Waals surface area contributed by atoms with Gasteiger partial charge < -0.3 is 9.72 Å². The van der Waals surface area contributed by atoms with Crippen molar-refractivity contribution in [3.63, 3.8) is 0 Å². The number of ether oxygens (including phenoxy) is 1. The molecule has 0 spiro atoms. The van der Waals surface area contributed by atoms with E-state index in [2.05, 4.69) is 4.98 Å². The van der Waals surface area contributed by atoms with Gasteiger partial charge in [-0.25, -0.2) is 9.36 Å². The number of nitrogens with zero attached hydrogens (tertiary/aromatic N) is 1. The van der Waals surface area contributed by atoms with E-state index in [4.69, 9.17) is 18.3 Å². The molecule has 0 bridgehead atoms. The van der Waals surface area contributed by atoms with Crippen LogP contribution < -0.4 is 10.5 Å². The van der Waals surface area contributed by atoms with E-state index in [1.807, 2.05) is 36.4 Å². The fourth-order valence-corrected chi connectivity index (χ4v) is 6.27. The highest BCUT2D eigenvalue weighted by atomic mass is 31.2. The predicted octanol–water partition coefficient (Wildman–Crippen LogP) is 8.10. The molecular formula is C34H28F3N2O7P. The predicted molar refractivity (Wildman–Crippen MR) is 169 cm³/mol. The number of aromatic nitrogens is 1. The molecule has 1 fully saturated rings. The summed E-state index contributed by atoms with van der Waals surface area (Å²) in [5.74, 6) is 0. The molecule has 1 aliphatic rings. The van der Waals surface area contributed by atoms with Crippen LogP contribution in [0.5, 0.6) is 0 Å². The van der Waals surface area contributed by atoms with Crippen LogP contribution >= 0.6 is 7.82 Å². The van der Waals surface area contributed by atoms with Crippen LogP contribution in [0.3, 0.4) is 0 Å². The van der Waals surface area contributed by atoms with Crippen LogP contribution in [-0.2, 0) is 42.3 Å². The molecule has 13 heteroatoms. The number of aromatic amines is 1. The Morgan fingerprint density at radius 3 is 2.06 bits per heavy atom. The zero-order valence-corrected chi connectivity index (χ0v) is 25.6. The number of anilines is 1. The molecule has 1 N–H and O–H groups in total. The van der Waals surface area contributed by atoms with E-state index in [1.54, 1.807) is 36.4 Å². The van der Waals surface area contributed by atoms with E-state index in [1.165, 1.54) is 35.2 Å². The molecule has 4 aromatic carbocycles. The SMILES string of the molecule is O=C1O[C@H](COP(=O)(OCc2ccccc2)OCc2ccccc2)CN1c1ccc2cc(-c3ccccc3C(F)(F)F)[nH]c(=O)c2c1. The number of nitrogens with one attached hydrogen (secondary N) is 1. The average Bonchev–Trinajstić information content (AvgIpc) is 3.46. The number of halogens is 3. The van der Waals surface area contributed by atoms with Crippen LogP contribution in [0.25, 0.3) is 22.0 Å². The summed E-state index contributed by atoms with van der Waals surface area (Å²) in [5.41, 5.74) is 0.169. The van der Waals surface area contributed by atoms with Crippen molar-refractivity contribution in [1.82, 2.24) is 4.98 Å². The summed E-state index contributed by atoms with van der Waals surface area (Å²) in [5, 5.41) is 0.542. The minimum Gasteiger partial charge on any atom is -0.441 e. The average molecular weight is 665 g/mol. The molecule has 0 aliphatic carbocycles. The lowest BCUT2D eigenvalue weighted by atomic mass is 10.0. The van der Waals surface area contributed by atoms with Crippen LogP contribution in [0.15, 0.2) is 114 Å². The highest BCUT2D eigenvalue weighted by molar-refractivity contribution is 7.48. The fraction of sp³-hybridized carbons (Fsp3) is 0.176. The zero-order valence-electron chi connectivity index (χ0n) is 24.7. The first-order chi connectivity index (χ1) is 22.6. The van der Waals surface area contributed by atoms with Crippen molar-refractivity contribution in [2.75, 3.05) is 18.1 Å². The number of cyclic esters (lactones) is 1. The topological polar surface area (TPSA) is 107 Å². The second-order valence-corrected chi connectivity index (χ2v) is 12.4. The number of pyridine rings is 1. The Bertz CT molecular complexity index is 1940. The zero-order chi connectivity index (χ0) is 33.0. The van der Waals surface area contributed by atoms with Crippen LogP contribution in [0.4, 0.5) is 23.7 Å². The Labute approximate surface area is 267 Å².